The van der Waals surface area contributed by atoms with Crippen molar-refractivity contribution in [3.63, 3.8) is 0 Å². The lowest BCUT2D eigenvalue weighted by atomic mass is 10.1. The number of benzene rings is 1. The van der Waals surface area contributed by atoms with Gasteiger partial charge in [0.25, 0.3) is 5.56 Å². The molecular formula is C20H16N2O3S. The summed E-state index contributed by atoms with van der Waals surface area (Å²) in [4.78, 5) is 25.6. The monoisotopic (exact) mass is 364 g/mol. The Kier molecular flexibility index (Phi) is 5.40. The molecule has 0 aliphatic heterocycles. The molecule has 0 saturated heterocycles. The third-order valence-corrected chi connectivity index (χ3v) is 4.81. The average Bonchev–Trinajstić information content (AvgIpc) is 2.68. The molecule has 0 amide bonds. The minimum atomic E-state index is -0.537. The van der Waals surface area contributed by atoms with E-state index < -0.39 is 11.5 Å². The molecule has 0 bridgehead atoms. The van der Waals surface area contributed by atoms with Gasteiger partial charge in [-0.2, -0.15) is 5.26 Å². The zero-order valence-electron chi connectivity index (χ0n) is 14.1. The van der Waals surface area contributed by atoms with Crippen LogP contribution in [0.1, 0.15) is 21.5 Å². The molecule has 130 valence electrons. The van der Waals surface area contributed by atoms with Crippen molar-refractivity contribution < 1.29 is 9.53 Å². The van der Waals surface area contributed by atoms with Crippen LogP contribution in [0.2, 0.25) is 0 Å². The van der Waals surface area contributed by atoms with E-state index in [0.717, 1.165) is 5.56 Å². The summed E-state index contributed by atoms with van der Waals surface area (Å²) >= 11 is 1.20. The number of fused-ring (bicyclic) bond motifs is 1. The predicted molar refractivity (Wildman–Crippen MR) is 101 cm³/mol. The molecule has 0 radical (unpaired) electrons. The van der Waals surface area contributed by atoms with Gasteiger partial charge >= 0.3 is 5.97 Å². The molecule has 0 fully saturated rings. The van der Waals surface area contributed by atoms with Crippen LogP contribution < -0.4 is 5.56 Å². The Morgan fingerprint density at radius 2 is 1.92 bits per heavy atom. The Bertz CT molecular complexity index is 1050. The van der Waals surface area contributed by atoms with Gasteiger partial charge < -0.3 is 4.74 Å². The molecule has 0 spiro atoms. The maximum Gasteiger partial charge on any atom is 0.341 e. The van der Waals surface area contributed by atoms with Gasteiger partial charge in [-0.25, -0.2) is 4.79 Å². The van der Waals surface area contributed by atoms with E-state index in [4.69, 9.17) is 4.74 Å². The largest absolute Gasteiger partial charge is 0.462 e. The van der Waals surface area contributed by atoms with Crippen molar-refractivity contribution in [3.8, 4) is 6.07 Å². The van der Waals surface area contributed by atoms with Crippen LogP contribution in [-0.4, -0.2) is 23.2 Å². The van der Waals surface area contributed by atoms with Crippen molar-refractivity contribution >= 4 is 23.2 Å². The Balaban J connectivity index is 1.98. The number of nitrogens with zero attached hydrogens (tertiary/aromatic N) is 2. The summed E-state index contributed by atoms with van der Waals surface area (Å²) in [6, 6.07) is 16.7. The lowest BCUT2D eigenvalue weighted by molar-refractivity contribution is 0.0507. The predicted octanol–water partition coefficient (Wildman–Crippen LogP) is 3.29. The second-order valence-electron chi connectivity index (χ2n) is 5.53. The van der Waals surface area contributed by atoms with Gasteiger partial charge in [0.15, 0.2) is 0 Å². The smallest absolute Gasteiger partial charge is 0.341 e. The fraction of sp³-hybridized carbons (Fsp3) is 0.150. The average molecular weight is 364 g/mol. The number of ether oxygens (including phenoxy) is 1. The Hall–Kier alpha value is -3.04. The van der Waals surface area contributed by atoms with Crippen LogP contribution in [0.5, 0.6) is 0 Å². The first-order valence-electron chi connectivity index (χ1n) is 8.00. The first kappa shape index (κ1) is 17.8. The van der Waals surface area contributed by atoms with Crippen LogP contribution in [0.25, 0.3) is 5.52 Å². The van der Waals surface area contributed by atoms with E-state index in [9.17, 15) is 14.9 Å². The Labute approximate surface area is 154 Å². The molecular weight excluding hydrogens is 348 g/mol. The van der Waals surface area contributed by atoms with Crippen LogP contribution in [0, 0.1) is 11.3 Å². The highest BCUT2D eigenvalue weighted by Crippen LogP contribution is 2.27. The molecule has 26 heavy (non-hydrogen) atoms. The van der Waals surface area contributed by atoms with Gasteiger partial charge in [-0.05, 0) is 24.0 Å². The molecule has 5 nitrogen and oxygen atoms in total. The molecule has 0 atom stereocenters. The highest BCUT2D eigenvalue weighted by Gasteiger charge is 2.23. The number of pyridine rings is 2. The van der Waals surface area contributed by atoms with Crippen LogP contribution in [0.3, 0.4) is 0 Å². The van der Waals surface area contributed by atoms with E-state index in [1.165, 1.54) is 16.2 Å². The van der Waals surface area contributed by atoms with Crippen molar-refractivity contribution in [2.75, 3.05) is 12.9 Å². The molecule has 3 aromatic rings. The van der Waals surface area contributed by atoms with Gasteiger partial charge in [0, 0.05) is 17.5 Å². The number of hydrogen-bond acceptors (Lipinski definition) is 5. The van der Waals surface area contributed by atoms with E-state index in [2.05, 4.69) is 0 Å². The quantitative estimate of drug-likeness (QED) is 0.513. The number of esters is 1. The maximum atomic E-state index is 12.7. The molecule has 3 rings (SSSR count). The van der Waals surface area contributed by atoms with E-state index in [1.807, 2.05) is 36.4 Å². The molecule has 1 aromatic carbocycles. The van der Waals surface area contributed by atoms with Crippen LogP contribution in [0.4, 0.5) is 0 Å². The van der Waals surface area contributed by atoms with Gasteiger partial charge in [0.1, 0.15) is 11.6 Å². The Morgan fingerprint density at radius 1 is 1.19 bits per heavy atom. The van der Waals surface area contributed by atoms with E-state index in [0.29, 0.717) is 16.8 Å². The first-order valence-corrected chi connectivity index (χ1v) is 9.22. The number of thioether (sulfide) groups is 1. The fourth-order valence-corrected chi connectivity index (χ4v) is 3.49. The summed E-state index contributed by atoms with van der Waals surface area (Å²) < 4.78 is 6.76. The number of rotatable bonds is 5. The zero-order valence-corrected chi connectivity index (χ0v) is 15.0. The SMILES string of the molecule is CSc1c(C#N)c(=O)n2ccccc2c1C(=O)OCCc1ccccc1. The van der Waals surface area contributed by atoms with E-state index >= 15 is 0 Å². The van der Waals surface area contributed by atoms with Crippen LogP contribution >= 0.6 is 11.8 Å². The van der Waals surface area contributed by atoms with E-state index in [-0.39, 0.29) is 17.7 Å². The molecule has 2 aromatic heterocycles. The van der Waals surface area contributed by atoms with Crippen molar-refractivity contribution in [3.05, 3.63) is 81.8 Å². The molecule has 0 aliphatic carbocycles. The number of hydrogen-bond donors (Lipinski definition) is 0. The topological polar surface area (TPSA) is 71.6 Å². The third kappa shape index (κ3) is 3.35. The minimum Gasteiger partial charge on any atom is -0.462 e. The molecule has 0 unspecified atom stereocenters. The van der Waals surface area contributed by atoms with Crippen molar-refractivity contribution in [2.45, 2.75) is 11.3 Å². The number of carbonyl (C=O) groups excluding carboxylic acids is 1. The number of aromatic nitrogens is 1. The minimum absolute atomic E-state index is 0.0452. The Morgan fingerprint density at radius 3 is 2.62 bits per heavy atom. The zero-order chi connectivity index (χ0) is 18.5. The second kappa shape index (κ2) is 7.89. The third-order valence-electron chi connectivity index (χ3n) is 3.99. The van der Waals surface area contributed by atoms with Gasteiger partial charge in [-0.1, -0.05) is 36.4 Å². The summed E-state index contributed by atoms with van der Waals surface area (Å²) in [7, 11) is 0. The first-order chi connectivity index (χ1) is 12.7. The van der Waals surface area contributed by atoms with Crippen molar-refractivity contribution in [1.29, 1.82) is 5.26 Å². The molecule has 0 aliphatic rings. The molecule has 0 N–H and O–H groups in total. The van der Waals surface area contributed by atoms with Gasteiger partial charge in [0.2, 0.25) is 0 Å². The van der Waals surface area contributed by atoms with Crippen molar-refractivity contribution in [1.82, 2.24) is 4.40 Å². The number of nitriles is 1. The van der Waals surface area contributed by atoms with Gasteiger partial charge in [-0.15, -0.1) is 11.8 Å². The summed E-state index contributed by atoms with van der Waals surface area (Å²) in [5.41, 5.74) is 1.27. The van der Waals surface area contributed by atoms with Crippen molar-refractivity contribution in [2.24, 2.45) is 0 Å². The summed E-state index contributed by atoms with van der Waals surface area (Å²) in [6.45, 7) is 0.219. The van der Waals surface area contributed by atoms with Gasteiger partial charge in [0.05, 0.1) is 17.7 Å². The van der Waals surface area contributed by atoms with Crippen LogP contribution in [-0.2, 0) is 11.2 Å². The lowest BCUT2D eigenvalue weighted by Gasteiger charge is -2.13. The highest BCUT2D eigenvalue weighted by atomic mass is 32.2. The van der Waals surface area contributed by atoms with E-state index in [1.54, 1.807) is 30.7 Å². The summed E-state index contributed by atoms with van der Waals surface area (Å²) in [5, 5.41) is 9.39. The fourth-order valence-electron chi connectivity index (χ4n) is 2.76. The normalized spacial score (nSPS) is 10.5. The van der Waals surface area contributed by atoms with Gasteiger partial charge in [-0.3, -0.25) is 9.20 Å². The summed E-state index contributed by atoms with van der Waals surface area (Å²) in [6.07, 6.45) is 3.87. The highest BCUT2D eigenvalue weighted by molar-refractivity contribution is 7.98. The van der Waals surface area contributed by atoms with Crippen LogP contribution in [0.15, 0.2) is 64.4 Å². The second-order valence-corrected chi connectivity index (χ2v) is 6.34. The standard InChI is InChI=1S/C20H16N2O3S/c1-26-18-15(13-21)19(23)22-11-6-5-9-16(22)17(18)20(24)25-12-10-14-7-3-2-4-8-14/h2-9,11H,10,12H2,1H3. The number of carbonyl (C=O) groups is 1. The molecule has 0 saturated carbocycles. The summed E-state index contributed by atoms with van der Waals surface area (Å²) in [5.74, 6) is -0.537. The lowest BCUT2D eigenvalue weighted by Crippen LogP contribution is -2.22. The molecule has 2 heterocycles. The maximum absolute atomic E-state index is 12.7. The molecule has 6 heteroatoms.